The van der Waals surface area contributed by atoms with Crippen LogP contribution >= 0.6 is 0 Å². The average molecular weight is 269 g/mol. The quantitative estimate of drug-likeness (QED) is 0.905. The molecule has 1 aromatic carbocycles. The minimum atomic E-state index is -0.0355. The number of hydrogen-bond donors (Lipinski definition) is 1. The Morgan fingerprint density at radius 1 is 1.10 bits per heavy atom. The van der Waals surface area contributed by atoms with Crippen LogP contribution in [0.1, 0.15) is 24.3 Å². The minimum Gasteiger partial charge on any atom is -0.355 e. The van der Waals surface area contributed by atoms with Gasteiger partial charge in [0, 0.05) is 30.7 Å². The van der Waals surface area contributed by atoms with Crippen LogP contribution in [0.3, 0.4) is 0 Å². The molecule has 4 nitrogen and oxygen atoms in total. The third kappa shape index (κ3) is 3.35. The van der Waals surface area contributed by atoms with E-state index < -0.39 is 0 Å². The number of carbonyl (C=O) groups excluding carboxylic acids is 1. The van der Waals surface area contributed by atoms with Crippen molar-refractivity contribution >= 4 is 17.3 Å². The molecule has 0 spiro atoms. The van der Waals surface area contributed by atoms with E-state index in [1.165, 1.54) is 0 Å². The summed E-state index contributed by atoms with van der Waals surface area (Å²) >= 11 is 0. The molecule has 0 aliphatic carbocycles. The number of rotatable bonds is 5. The second kappa shape index (κ2) is 6.70. The summed E-state index contributed by atoms with van der Waals surface area (Å²) in [6.07, 6.45) is 1.65. The van der Waals surface area contributed by atoms with Gasteiger partial charge in [0.1, 0.15) is 5.69 Å². The van der Waals surface area contributed by atoms with Crippen molar-refractivity contribution < 1.29 is 4.79 Å². The van der Waals surface area contributed by atoms with E-state index in [4.69, 9.17) is 0 Å². The number of pyridine rings is 1. The number of nitrogens with one attached hydrogen (secondary N) is 1. The first-order chi connectivity index (χ1) is 9.74. The largest absolute Gasteiger partial charge is 0.355 e. The van der Waals surface area contributed by atoms with Crippen molar-refractivity contribution in [2.24, 2.45) is 0 Å². The number of benzene rings is 1. The van der Waals surface area contributed by atoms with Crippen molar-refractivity contribution in [3.8, 4) is 0 Å². The average Bonchev–Trinajstić information content (AvgIpc) is 2.49. The summed E-state index contributed by atoms with van der Waals surface area (Å²) < 4.78 is 0. The van der Waals surface area contributed by atoms with Gasteiger partial charge in [-0.3, -0.25) is 9.78 Å². The van der Waals surface area contributed by atoms with Crippen LogP contribution in [0.4, 0.5) is 11.4 Å². The first-order valence-electron chi connectivity index (χ1n) is 6.82. The van der Waals surface area contributed by atoms with E-state index in [2.05, 4.69) is 10.3 Å². The predicted molar refractivity (Wildman–Crippen MR) is 81.2 cm³/mol. The van der Waals surface area contributed by atoms with Gasteiger partial charge in [-0.15, -0.1) is 0 Å². The molecule has 0 saturated heterocycles. The number of para-hydroxylation sites is 1. The lowest BCUT2D eigenvalue weighted by Gasteiger charge is -2.18. The highest BCUT2D eigenvalue weighted by atomic mass is 16.2. The van der Waals surface area contributed by atoms with Crippen LogP contribution in [0.25, 0.3) is 0 Å². The van der Waals surface area contributed by atoms with Crippen molar-refractivity contribution in [1.82, 2.24) is 9.88 Å². The van der Waals surface area contributed by atoms with Crippen molar-refractivity contribution in [2.75, 3.05) is 18.4 Å². The van der Waals surface area contributed by atoms with Gasteiger partial charge in [-0.25, -0.2) is 0 Å². The first-order valence-corrected chi connectivity index (χ1v) is 6.82. The number of carbonyl (C=O) groups is 1. The van der Waals surface area contributed by atoms with E-state index in [-0.39, 0.29) is 5.91 Å². The fourth-order valence-corrected chi connectivity index (χ4v) is 1.99. The Labute approximate surface area is 119 Å². The van der Waals surface area contributed by atoms with E-state index >= 15 is 0 Å². The van der Waals surface area contributed by atoms with Gasteiger partial charge in [-0.2, -0.15) is 0 Å². The molecule has 1 amide bonds. The van der Waals surface area contributed by atoms with Gasteiger partial charge in [-0.05, 0) is 38.1 Å². The smallest absolute Gasteiger partial charge is 0.272 e. The van der Waals surface area contributed by atoms with Crippen molar-refractivity contribution in [3.63, 3.8) is 0 Å². The van der Waals surface area contributed by atoms with Crippen LogP contribution in [0.5, 0.6) is 0 Å². The molecule has 0 aliphatic rings. The Morgan fingerprint density at radius 2 is 1.80 bits per heavy atom. The van der Waals surface area contributed by atoms with E-state index in [1.807, 2.05) is 50.2 Å². The maximum absolute atomic E-state index is 12.2. The van der Waals surface area contributed by atoms with Gasteiger partial charge >= 0.3 is 0 Å². The van der Waals surface area contributed by atoms with E-state index in [0.29, 0.717) is 18.8 Å². The predicted octanol–water partition coefficient (Wildman–Crippen LogP) is 3.31. The van der Waals surface area contributed by atoms with Gasteiger partial charge in [0.15, 0.2) is 0 Å². The summed E-state index contributed by atoms with van der Waals surface area (Å²) in [4.78, 5) is 18.2. The Morgan fingerprint density at radius 3 is 2.45 bits per heavy atom. The molecule has 2 rings (SSSR count). The van der Waals surface area contributed by atoms with Crippen molar-refractivity contribution in [2.45, 2.75) is 13.8 Å². The molecular weight excluding hydrogens is 250 g/mol. The second-order valence-corrected chi connectivity index (χ2v) is 4.40. The number of nitrogens with zero attached hydrogens (tertiary/aromatic N) is 2. The van der Waals surface area contributed by atoms with Crippen molar-refractivity contribution in [3.05, 3.63) is 54.4 Å². The molecule has 0 saturated carbocycles. The molecule has 2 aromatic rings. The highest BCUT2D eigenvalue weighted by Gasteiger charge is 2.14. The zero-order valence-corrected chi connectivity index (χ0v) is 11.8. The maximum atomic E-state index is 12.2. The van der Waals surface area contributed by atoms with Gasteiger partial charge < -0.3 is 10.2 Å². The van der Waals surface area contributed by atoms with Gasteiger partial charge in [0.05, 0.1) is 0 Å². The molecule has 104 valence electrons. The fourth-order valence-electron chi connectivity index (χ4n) is 1.99. The standard InChI is InChI=1S/C16H19N3O/c1-3-19(4-2)16(20)15-12-14(10-11-17-15)18-13-8-6-5-7-9-13/h5-12H,3-4H2,1-2H3,(H,17,18). The third-order valence-electron chi connectivity index (χ3n) is 3.09. The van der Waals surface area contributed by atoms with E-state index in [0.717, 1.165) is 11.4 Å². The van der Waals surface area contributed by atoms with Crippen LogP contribution in [0.2, 0.25) is 0 Å². The molecule has 0 aliphatic heterocycles. The summed E-state index contributed by atoms with van der Waals surface area (Å²) in [7, 11) is 0. The molecule has 1 aromatic heterocycles. The minimum absolute atomic E-state index is 0.0355. The first kappa shape index (κ1) is 14.1. The summed E-state index contributed by atoms with van der Waals surface area (Å²) in [5.74, 6) is -0.0355. The number of aromatic nitrogens is 1. The fraction of sp³-hybridized carbons (Fsp3) is 0.250. The van der Waals surface area contributed by atoms with Crippen molar-refractivity contribution in [1.29, 1.82) is 0 Å². The summed E-state index contributed by atoms with van der Waals surface area (Å²) in [5.41, 5.74) is 2.32. The number of anilines is 2. The normalized spacial score (nSPS) is 10.1. The zero-order valence-electron chi connectivity index (χ0n) is 11.8. The Bertz CT molecular complexity index is 565. The third-order valence-corrected chi connectivity index (χ3v) is 3.09. The molecule has 1 heterocycles. The molecule has 0 atom stereocenters. The van der Waals surface area contributed by atoms with Gasteiger partial charge in [0.2, 0.25) is 0 Å². The molecule has 0 radical (unpaired) electrons. The molecule has 0 fully saturated rings. The Hall–Kier alpha value is -2.36. The SMILES string of the molecule is CCN(CC)C(=O)c1cc(Nc2ccccc2)ccn1. The zero-order chi connectivity index (χ0) is 14.4. The Kier molecular flexibility index (Phi) is 4.71. The monoisotopic (exact) mass is 269 g/mol. The summed E-state index contributed by atoms with van der Waals surface area (Å²) in [6, 6.07) is 13.5. The lowest BCUT2D eigenvalue weighted by molar-refractivity contribution is 0.0767. The highest BCUT2D eigenvalue weighted by molar-refractivity contribution is 5.93. The maximum Gasteiger partial charge on any atom is 0.272 e. The number of amides is 1. The molecule has 4 heteroatoms. The lowest BCUT2D eigenvalue weighted by Crippen LogP contribution is -2.31. The molecule has 1 N–H and O–H groups in total. The number of hydrogen-bond acceptors (Lipinski definition) is 3. The summed E-state index contributed by atoms with van der Waals surface area (Å²) in [5, 5.41) is 3.26. The van der Waals surface area contributed by atoms with Crippen LogP contribution < -0.4 is 5.32 Å². The second-order valence-electron chi connectivity index (χ2n) is 4.40. The van der Waals surface area contributed by atoms with E-state index in [9.17, 15) is 4.79 Å². The Balaban J connectivity index is 2.18. The van der Waals surface area contributed by atoms with Crippen LogP contribution in [-0.4, -0.2) is 28.9 Å². The van der Waals surface area contributed by atoms with Gasteiger partial charge in [-0.1, -0.05) is 18.2 Å². The molecule has 0 unspecified atom stereocenters. The molecular formula is C16H19N3O. The van der Waals surface area contributed by atoms with Crippen LogP contribution in [0.15, 0.2) is 48.7 Å². The highest BCUT2D eigenvalue weighted by Crippen LogP contribution is 2.16. The topological polar surface area (TPSA) is 45.2 Å². The molecule has 0 bridgehead atoms. The molecule has 20 heavy (non-hydrogen) atoms. The van der Waals surface area contributed by atoms with E-state index in [1.54, 1.807) is 17.2 Å². The van der Waals surface area contributed by atoms with Gasteiger partial charge in [0.25, 0.3) is 5.91 Å². The lowest BCUT2D eigenvalue weighted by atomic mass is 10.2. The summed E-state index contributed by atoms with van der Waals surface area (Å²) in [6.45, 7) is 5.31. The van der Waals surface area contributed by atoms with Crippen LogP contribution in [0, 0.1) is 0 Å². The van der Waals surface area contributed by atoms with Crippen LogP contribution in [-0.2, 0) is 0 Å².